The number of morpholine rings is 1. The Balaban J connectivity index is 1.91. The van der Waals surface area contributed by atoms with Crippen molar-refractivity contribution < 1.29 is 14.6 Å². The Morgan fingerprint density at radius 1 is 1.43 bits per heavy atom. The van der Waals surface area contributed by atoms with Gasteiger partial charge in [0, 0.05) is 38.9 Å². The highest BCUT2D eigenvalue weighted by molar-refractivity contribution is 5.93. The van der Waals surface area contributed by atoms with Gasteiger partial charge in [-0.25, -0.2) is 9.78 Å². The summed E-state index contributed by atoms with van der Waals surface area (Å²) >= 11 is 0. The summed E-state index contributed by atoms with van der Waals surface area (Å²) in [5, 5.41) is 9.25. The van der Waals surface area contributed by atoms with Gasteiger partial charge in [0.1, 0.15) is 11.4 Å². The summed E-state index contributed by atoms with van der Waals surface area (Å²) in [5.41, 5.74) is 1.09. The number of hydrogen-bond acceptors (Lipinski definition) is 5. The normalized spacial score (nSPS) is 15.9. The molecule has 1 aromatic heterocycles. The molecule has 1 fully saturated rings. The van der Waals surface area contributed by atoms with Crippen LogP contribution in [0.25, 0.3) is 0 Å². The zero-order chi connectivity index (χ0) is 15.2. The van der Waals surface area contributed by atoms with Gasteiger partial charge in [-0.3, -0.25) is 4.90 Å². The topological polar surface area (TPSA) is 65.9 Å². The van der Waals surface area contributed by atoms with Gasteiger partial charge in [-0.1, -0.05) is 0 Å². The minimum absolute atomic E-state index is 0.259. The number of carboxylic acid groups (broad SMARTS) is 1. The standard InChI is InChI=1S/C15H23N3O3/c1-12-4-5-13(15(19)20)14(16-12)17(2)6-3-7-18-8-10-21-11-9-18/h4-5H,3,6-11H2,1-2H3,(H,19,20). The van der Waals surface area contributed by atoms with E-state index in [1.807, 2.05) is 18.9 Å². The summed E-state index contributed by atoms with van der Waals surface area (Å²) in [6.07, 6.45) is 0.977. The van der Waals surface area contributed by atoms with Crippen LogP contribution in [0.4, 0.5) is 5.82 Å². The van der Waals surface area contributed by atoms with E-state index in [-0.39, 0.29) is 5.56 Å². The lowest BCUT2D eigenvalue weighted by atomic mass is 10.2. The number of rotatable bonds is 6. The molecule has 116 valence electrons. The molecule has 2 rings (SSSR count). The van der Waals surface area contributed by atoms with Gasteiger partial charge < -0.3 is 14.7 Å². The predicted octanol–water partition coefficient (Wildman–Crippen LogP) is 1.25. The van der Waals surface area contributed by atoms with Crippen LogP contribution >= 0.6 is 0 Å². The number of carboxylic acids is 1. The third-order valence-electron chi connectivity index (χ3n) is 3.68. The Kier molecular flexibility index (Phi) is 5.52. The maximum Gasteiger partial charge on any atom is 0.339 e. The zero-order valence-electron chi connectivity index (χ0n) is 12.7. The zero-order valence-corrected chi connectivity index (χ0v) is 12.7. The van der Waals surface area contributed by atoms with Gasteiger partial charge in [0.15, 0.2) is 0 Å². The highest BCUT2D eigenvalue weighted by Gasteiger charge is 2.16. The fourth-order valence-electron chi connectivity index (χ4n) is 2.46. The minimum atomic E-state index is -0.933. The molecular formula is C15H23N3O3. The van der Waals surface area contributed by atoms with Crippen molar-refractivity contribution >= 4 is 11.8 Å². The summed E-state index contributed by atoms with van der Waals surface area (Å²) in [6, 6.07) is 3.35. The number of nitrogens with zero attached hydrogens (tertiary/aromatic N) is 3. The van der Waals surface area contributed by atoms with E-state index in [1.165, 1.54) is 0 Å². The second-order valence-corrected chi connectivity index (χ2v) is 5.36. The summed E-state index contributed by atoms with van der Waals surface area (Å²) < 4.78 is 5.32. The highest BCUT2D eigenvalue weighted by atomic mass is 16.5. The van der Waals surface area contributed by atoms with Crippen molar-refractivity contribution in [1.29, 1.82) is 0 Å². The summed E-state index contributed by atoms with van der Waals surface area (Å²) in [6.45, 7) is 7.23. The summed E-state index contributed by atoms with van der Waals surface area (Å²) in [4.78, 5) is 19.9. The van der Waals surface area contributed by atoms with E-state index in [1.54, 1.807) is 12.1 Å². The largest absolute Gasteiger partial charge is 0.478 e. The predicted molar refractivity (Wildman–Crippen MR) is 81.1 cm³/mol. The lowest BCUT2D eigenvalue weighted by Gasteiger charge is -2.27. The lowest BCUT2D eigenvalue weighted by molar-refractivity contribution is 0.0377. The second kappa shape index (κ2) is 7.38. The molecule has 0 amide bonds. The van der Waals surface area contributed by atoms with Crippen LogP contribution < -0.4 is 4.90 Å². The third-order valence-corrected chi connectivity index (χ3v) is 3.68. The first kappa shape index (κ1) is 15.7. The first-order valence-corrected chi connectivity index (χ1v) is 7.30. The molecule has 0 radical (unpaired) electrons. The molecule has 1 N–H and O–H groups in total. The van der Waals surface area contributed by atoms with Gasteiger partial charge in [0.2, 0.25) is 0 Å². The Bertz CT molecular complexity index is 487. The summed E-state index contributed by atoms with van der Waals surface area (Å²) in [7, 11) is 1.90. The molecule has 1 aromatic rings. The average Bonchev–Trinajstić information content (AvgIpc) is 2.47. The van der Waals surface area contributed by atoms with E-state index in [0.29, 0.717) is 5.82 Å². The van der Waals surface area contributed by atoms with Gasteiger partial charge in [-0.05, 0) is 25.5 Å². The van der Waals surface area contributed by atoms with Crippen LogP contribution in [-0.2, 0) is 4.74 Å². The molecule has 0 atom stereocenters. The van der Waals surface area contributed by atoms with Gasteiger partial charge in [-0.15, -0.1) is 0 Å². The number of anilines is 1. The molecule has 1 aliphatic heterocycles. The third kappa shape index (κ3) is 4.41. The van der Waals surface area contributed by atoms with E-state index in [0.717, 1.165) is 51.5 Å². The number of aryl methyl sites for hydroxylation is 1. The maximum absolute atomic E-state index is 11.3. The Hall–Kier alpha value is -1.66. The molecule has 0 aromatic carbocycles. The van der Waals surface area contributed by atoms with Crippen molar-refractivity contribution in [2.45, 2.75) is 13.3 Å². The van der Waals surface area contributed by atoms with Crippen LogP contribution in [0.1, 0.15) is 22.5 Å². The van der Waals surface area contributed by atoms with Crippen LogP contribution in [0.5, 0.6) is 0 Å². The summed E-state index contributed by atoms with van der Waals surface area (Å²) in [5.74, 6) is -0.387. The molecule has 1 aliphatic rings. The van der Waals surface area contributed by atoms with Crippen LogP contribution in [0.2, 0.25) is 0 Å². The number of pyridine rings is 1. The van der Waals surface area contributed by atoms with E-state index in [2.05, 4.69) is 9.88 Å². The first-order chi connectivity index (χ1) is 10.1. The molecule has 2 heterocycles. The van der Waals surface area contributed by atoms with Gasteiger partial charge in [-0.2, -0.15) is 0 Å². The Morgan fingerprint density at radius 2 is 2.14 bits per heavy atom. The lowest BCUT2D eigenvalue weighted by Crippen LogP contribution is -2.38. The number of carbonyl (C=O) groups is 1. The SMILES string of the molecule is Cc1ccc(C(=O)O)c(N(C)CCCN2CCOCC2)n1. The van der Waals surface area contributed by atoms with Gasteiger partial charge in [0.25, 0.3) is 0 Å². The fraction of sp³-hybridized carbons (Fsp3) is 0.600. The molecule has 6 nitrogen and oxygen atoms in total. The van der Waals surface area contributed by atoms with Gasteiger partial charge >= 0.3 is 5.97 Å². The quantitative estimate of drug-likeness (QED) is 0.851. The van der Waals surface area contributed by atoms with Crippen molar-refractivity contribution in [3.05, 3.63) is 23.4 Å². The Morgan fingerprint density at radius 3 is 2.81 bits per heavy atom. The van der Waals surface area contributed by atoms with Crippen molar-refractivity contribution in [1.82, 2.24) is 9.88 Å². The van der Waals surface area contributed by atoms with E-state index in [9.17, 15) is 9.90 Å². The van der Waals surface area contributed by atoms with Crippen LogP contribution in [0, 0.1) is 6.92 Å². The van der Waals surface area contributed by atoms with E-state index >= 15 is 0 Å². The molecular weight excluding hydrogens is 270 g/mol. The second-order valence-electron chi connectivity index (χ2n) is 5.36. The van der Waals surface area contributed by atoms with Crippen molar-refractivity contribution in [3.63, 3.8) is 0 Å². The highest BCUT2D eigenvalue weighted by Crippen LogP contribution is 2.17. The van der Waals surface area contributed by atoms with Crippen molar-refractivity contribution in [2.75, 3.05) is 51.3 Å². The minimum Gasteiger partial charge on any atom is -0.478 e. The van der Waals surface area contributed by atoms with Gasteiger partial charge in [0.05, 0.1) is 13.2 Å². The number of aromatic carboxylic acids is 1. The maximum atomic E-state index is 11.3. The molecule has 21 heavy (non-hydrogen) atoms. The van der Waals surface area contributed by atoms with Crippen molar-refractivity contribution in [2.24, 2.45) is 0 Å². The fourth-order valence-corrected chi connectivity index (χ4v) is 2.46. The Labute approximate surface area is 125 Å². The van der Waals surface area contributed by atoms with Crippen molar-refractivity contribution in [3.8, 4) is 0 Å². The molecule has 0 aliphatic carbocycles. The molecule has 6 heteroatoms. The number of ether oxygens (including phenoxy) is 1. The first-order valence-electron chi connectivity index (χ1n) is 7.30. The van der Waals surface area contributed by atoms with Crippen LogP contribution in [0.15, 0.2) is 12.1 Å². The average molecular weight is 293 g/mol. The van der Waals surface area contributed by atoms with Crippen LogP contribution in [0.3, 0.4) is 0 Å². The van der Waals surface area contributed by atoms with E-state index < -0.39 is 5.97 Å². The smallest absolute Gasteiger partial charge is 0.339 e. The molecule has 1 saturated heterocycles. The van der Waals surface area contributed by atoms with E-state index in [4.69, 9.17) is 4.74 Å². The van der Waals surface area contributed by atoms with Crippen LogP contribution in [-0.4, -0.2) is 67.4 Å². The number of aromatic nitrogens is 1. The monoisotopic (exact) mass is 293 g/mol. The molecule has 0 bridgehead atoms. The molecule has 0 unspecified atom stereocenters. The number of hydrogen-bond donors (Lipinski definition) is 1. The molecule has 0 saturated carbocycles. The molecule has 0 spiro atoms.